The van der Waals surface area contributed by atoms with Gasteiger partial charge in [-0.15, -0.1) is 11.3 Å². The Morgan fingerprint density at radius 3 is 2.72 bits per heavy atom. The van der Waals surface area contributed by atoms with Crippen LogP contribution in [0.15, 0.2) is 11.4 Å². The summed E-state index contributed by atoms with van der Waals surface area (Å²) in [7, 11) is 0. The Morgan fingerprint density at radius 2 is 2.11 bits per heavy atom. The van der Waals surface area contributed by atoms with Gasteiger partial charge >= 0.3 is 0 Å². The maximum Gasteiger partial charge on any atom is 0.234 e. The number of nitrogens with one attached hydrogen (secondary N) is 2. The fourth-order valence-corrected chi connectivity index (χ4v) is 2.58. The molecular formula is C14H24N2OS. The molecule has 1 aromatic heterocycles. The van der Waals surface area contributed by atoms with Crippen molar-refractivity contribution in [3.8, 4) is 0 Å². The summed E-state index contributed by atoms with van der Waals surface area (Å²) in [5.41, 5.74) is 1.26. The van der Waals surface area contributed by atoms with Crippen LogP contribution in [-0.4, -0.2) is 18.0 Å². The van der Waals surface area contributed by atoms with Gasteiger partial charge in [-0.05, 0) is 43.7 Å². The number of rotatable bonds is 7. The average molecular weight is 268 g/mol. The molecule has 2 N–H and O–H groups in total. The number of hydrogen-bond donors (Lipinski definition) is 2. The summed E-state index contributed by atoms with van der Waals surface area (Å²) in [6.45, 7) is 9.47. The van der Waals surface area contributed by atoms with Crippen molar-refractivity contribution in [3.63, 3.8) is 0 Å². The molecule has 1 aromatic rings. The zero-order chi connectivity index (χ0) is 13.6. The van der Waals surface area contributed by atoms with E-state index in [2.05, 4.69) is 35.9 Å². The van der Waals surface area contributed by atoms with E-state index in [1.807, 2.05) is 13.8 Å². The molecule has 0 saturated heterocycles. The molecule has 3 nitrogen and oxygen atoms in total. The van der Waals surface area contributed by atoms with Gasteiger partial charge in [-0.3, -0.25) is 4.79 Å². The van der Waals surface area contributed by atoms with Crippen molar-refractivity contribution >= 4 is 17.2 Å². The van der Waals surface area contributed by atoms with E-state index in [9.17, 15) is 4.79 Å². The highest BCUT2D eigenvalue weighted by Crippen LogP contribution is 2.16. The van der Waals surface area contributed by atoms with Gasteiger partial charge in [0.15, 0.2) is 0 Å². The molecule has 0 spiro atoms. The van der Waals surface area contributed by atoms with Gasteiger partial charge in [-0.2, -0.15) is 0 Å². The Balaban J connectivity index is 2.32. The van der Waals surface area contributed by atoms with E-state index >= 15 is 0 Å². The molecular weight excluding hydrogens is 244 g/mol. The number of amides is 1. The summed E-state index contributed by atoms with van der Waals surface area (Å²) in [5, 5.41) is 8.33. The zero-order valence-electron chi connectivity index (χ0n) is 11.8. The van der Waals surface area contributed by atoms with Gasteiger partial charge in [0.05, 0.1) is 6.54 Å². The summed E-state index contributed by atoms with van der Waals surface area (Å²) in [4.78, 5) is 13.1. The molecule has 0 saturated carbocycles. The number of carbonyl (C=O) groups is 1. The van der Waals surface area contributed by atoms with E-state index in [-0.39, 0.29) is 11.4 Å². The van der Waals surface area contributed by atoms with Gasteiger partial charge in [0.25, 0.3) is 0 Å². The van der Waals surface area contributed by atoms with Crippen LogP contribution in [0.3, 0.4) is 0 Å². The lowest BCUT2D eigenvalue weighted by Crippen LogP contribution is -2.46. The van der Waals surface area contributed by atoms with Crippen LogP contribution in [0.2, 0.25) is 0 Å². The monoisotopic (exact) mass is 268 g/mol. The number of carbonyl (C=O) groups excluding carboxylic acids is 1. The van der Waals surface area contributed by atoms with Crippen LogP contribution < -0.4 is 10.6 Å². The summed E-state index contributed by atoms with van der Waals surface area (Å²) in [6.07, 6.45) is 1.99. The molecule has 102 valence electrons. The first-order chi connectivity index (χ1) is 8.48. The number of aryl methyl sites for hydroxylation is 1. The van der Waals surface area contributed by atoms with E-state index in [1.54, 1.807) is 11.3 Å². The van der Waals surface area contributed by atoms with Crippen LogP contribution >= 0.6 is 11.3 Å². The van der Waals surface area contributed by atoms with Gasteiger partial charge in [0, 0.05) is 17.0 Å². The Hall–Kier alpha value is -0.870. The van der Waals surface area contributed by atoms with Crippen LogP contribution in [0, 0.1) is 0 Å². The molecule has 0 radical (unpaired) electrons. The Kier molecular flexibility index (Phi) is 5.82. The first-order valence-corrected chi connectivity index (χ1v) is 7.43. The third-order valence-electron chi connectivity index (χ3n) is 3.15. The maximum atomic E-state index is 11.7. The highest BCUT2D eigenvalue weighted by atomic mass is 32.1. The molecule has 0 unspecified atom stereocenters. The third kappa shape index (κ3) is 4.78. The molecule has 0 fully saturated rings. The van der Waals surface area contributed by atoms with Gasteiger partial charge in [-0.1, -0.05) is 13.8 Å². The van der Waals surface area contributed by atoms with Gasteiger partial charge < -0.3 is 10.6 Å². The molecule has 0 aliphatic heterocycles. The van der Waals surface area contributed by atoms with Crippen molar-refractivity contribution in [1.29, 1.82) is 0 Å². The molecule has 0 aromatic carbocycles. The van der Waals surface area contributed by atoms with Gasteiger partial charge in [0.2, 0.25) is 5.91 Å². The minimum Gasteiger partial charge on any atom is -0.350 e. The largest absolute Gasteiger partial charge is 0.350 e. The smallest absolute Gasteiger partial charge is 0.234 e. The molecule has 1 rings (SSSR count). The summed E-state index contributed by atoms with van der Waals surface area (Å²) in [5.74, 6) is 0.0662. The summed E-state index contributed by atoms with van der Waals surface area (Å²) < 4.78 is 0. The summed E-state index contributed by atoms with van der Waals surface area (Å²) in [6, 6.07) is 2.15. The Labute approximate surface area is 114 Å². The first kappa shape index (κ1) is 15.2. The normalized spacial score (nSPS) is 11.6. The minimum atomic E-state index is -0.115. The second kappa shape index (κ2) is 6.90. The van der Waals surface area contributed by atoms with Crippen LogP contribution in [-0.2, 0) is 17.8 Å². The van der Waals surface area contributed by atoms with Gasteiger partial charge in [-0.25, -0.2) is 0 Å². The van der Waals surface area contributed by atoms with Crippen molar-refractivity contribution in [2.24, 2.45) is 0 Å². The van der Waals surface area contributed by atoms with Crippen molar-refractivity contribution in [2.75, 3.05) is 6.54 Å². The van der Waals surface area contributed by atoms with E-state index in [1.165, 1.54) is 10.4 Å². The molecule has 0 aliphatic carbocycles. The molecule has 0 atom stereocenters. The average Bonchev–Trinajstić information content (AvgIpc) is 2.76. The molecule has 4 heteroatoms. The molecule has 1 amide bonds. The van der Waals surface area contributed by atoms with Crippen LogP contribution in [0.25, 0.3) is 0 Å². The van der Waals surface area contributed by atoms with Crippen molar-refractivity contribution in [3.05, 3.63) is 21.9 Å². The number of thiophene rings is 1. The topological polar surface area (TPSA) is 41.1 Å². The highest BCUT2D eigenvalue weighted by molar-refractivity contribution is 7.10. The first-order valence-electron chi connectivity index (χ1n) is 6.55. The fraction of sp³-hybridized carbons (Fsp3) is 0.643. The van der Waals surface area contributed by atoms with Crippen molar-refractivity contribution in [1.82, 2.24) is 10.6 Å². The SMILES string of the molecule is CCc1ccsc1CNCC(=O)NC(C)(C)CC. The molecule has 0 aliphatic rings. The van der Waals surface area contributed by atoms with E-state index in [0.29, 0.717) is 6.54 Å². The van der Waals surface area contributed by atoms with Crippen LogP contribution in [0.5, 0.6) is 0 Å². The predicted molar refractivity (Wildman–Crippen MR) is 77.9 cm³/mol. The minimum absolute atomic E-state index is 0.0662. The van der Waals surface area contributed by atoms with Crippen LogP contribution in [0.1, 0.15) is 44.6 Å². The van der Waals surface area contributed by atoms with Crippen molar-refractivity contribution < 1.29 is 4.79 Å². The summed E-state index contributed by atoms with van der Waals surface area (Å²) >= 11 is 1.75. The standard InChI is InChI=1S/C14H24N2OS/c1-5-11-7-8-18-12(11)9-15-10-13(17)16-14(3,4)6-2/h7-8,15H,5-6,9-10H2,1-4H3,(H,16,17). The lowest BCUT2D eigenvalue weighted by atomic mass is 10.0. The van der Waals surface area contributed by atoms with Crippen LogP contribution in [0.4, 0.5) is 0 Å². The molecule has 1 heterocycles. The zero-order valence-corrected chi connectivity index (χ0v) is 12.6. The third-order valence-corrected chi connectivity index (χ3v) is 4.11. The maximum absolute atomic E-state index is 11.7. The lowest BCUT2D eigenvalue weighted by molar-refractivity contribution is -0.121. The van der Waals surface area contributed by atoms with E-state index in [0.717, 1.165) is 19.4 Å². The molecule has 0 bridgehead atoms. The van der Waals surface area contributed by atoms with Crippen molar-refractivity contribution in [2.45, 2.75) is 52.6 Å². The number of hydrogen-bond acceptors (Lipinski definition) is 3. The Bertz CT molecular complexity index is 385. The van der Waals surface area contributed by atoms with Gasteiger partial charge in [0.1, 0.15) is 0 Å². The Morgan fingerprint density at radius 1 is 1.39 bits per heavy atom. The second-order valence-corrected chi connectivity index (χ2v) is 6.11. The van der Waals surface area contributed by atoms with E-state index < -0.39 is 0 Å². The quantitative estimate of drug-likeness (QED) is 0.798. The van der Waals surface area contributed by atoms with E-state index in [4.69, 9.17) is 0 Å². The predicted octanol–water partition coefficient (Wildman–Crippen LogP) is 2.70. The highest BCUT2D eigenvalue weighted by Gasteiger charge is 2.17. The lowest BCUT2D eigenvalue weighted by Gasteiger charge is -2.24. The fourth-order valence-electron chi connectivity index (χ4n) is 1.64. The molecule has 18 heavy (non-hydrogen) atoms. The second-order valence-electron chi connectivity index (χ2n) is 5.11.